The topological polar surface area (TPSA) is 69.0 Å². The second-order valence-electron chi connectivity index (χ2n) is 5.81. The van der Waals surface area contributed by atoms with Crippen LogP contribution in [0, 0.1) is 0 Å². The summed E-state index contributed by atoms with van der Waals surface area (Å²) in [6.45, 7) is 2.97. The van der Waals surface area contributed by atoms with E-state index in [1.807, 2.05) is 30.3 Å². The molecular weight excluding hydrogens is 316 g/mol. The first-order valence-electron chi connectivity index (χ1n) is 8.45. The van der Waals surface area contributed by atoms with Gasteiger partial charge in [0, 0.05) is 37.3 Å². The number of carbonyl (C=O) groups excluding carboxylic acids is 1. The molecular formula is C19H22N4O2. The molecule has 0 aliphatic rings. The van der Waals surface area contributed by atoms with Crippen molar-refractivity contribution in [2.75, 3.05) is 12.4 Å². The first-order chi connectivity index (χ1) is 12.2. The lowest BCUT2D eigenvalue weighted by molar-refractivity contribution is -0.116. The summed E-state index contributed by atoms with van der Waals surface area (Å²) >= 11 is 0. The van der Waals surface area contributed by atoms with Gasteiger partial charge in [-0.05, 0) is 30.7 Å². The molecule has 0 fully saturated rings. The number of fused-ring (bicyclic) bond motifs is 1. The third-order valence-corrected chi connectivity index (χ3v) is 3.96. The summed E-state index contributed by atoms with van der Waals surface area (Å²) in [5.74, 6) is 1.57. The first kappa shape index (κ1) is 17.0. The minimum Gasteiger partial charge on any atom is -0.497 e. The molecule has 0 saturated heterocycles. The number of nitrogens with one attached hydrogen (secondary N) is 1. The maximum atomic E-state index is 12.3. The minimum atomic E-state index is -0.0451. The fraction of sp³-hybridized carbons (Fsp3) is 0.316. The normalized spacial score (nSPS) is 10.8. The lowest BCUT2D eigenvalue weighted by Gasteiger charge is -2.08. The van der Waals surface area contributed by atoms with E-state index >= 15 is 0 Å². The van der Waals surface area contributed by atoms with Crippen LogP contribution in [0.1, 0.15) is 25.6 Å². The molecule has 3 rings (SSSR count). The summed E-state index contributed by atoms with van der Waals surface area (Å²) in [5.41, 5.74) is 2.49. The number of pyridine rings is 1. The molecule has 0 aliphatic carbocycles. The molecule has 6 nitrogen and oxygen atoms in total. The summed E-state index contributed by atoms with van der Waals surface area (Å²) in [6, 6.07) is 11.2. The van der Waals surface area contributed by atoms with Gasteiger partial charge in [0.05, 0.1) is 7.11 Å². The van der Waals surface area contributed by atoms with Crippen LogP contribution < -0.4 is 10.1 Å². The number of nitrogens with zero attached hydrogens (tertiary/aromatic N) is 3. The summed E-state index contributed by atoms with van der Waals surface area (Å²) in [5, 5.41) is 2.90. The van der Waals surface area contributed by atoms with E-state index in [-0.39, 0.29) is 5.91 Å². The van der Waals surface area contributed by atoms with E-state index in [9.17, 15) is 4.79 Å². The highest BCUT2D eigenvalue weighted by atomic mass is 16.5. The highest BCUT2D eigenvalue weighted by Gasteiger charge is 2.12. The van der Waals surface area contributed by atoms with E-state index in [1.165, 1.54) is 0 Å². The van der Waals surface area contributed by atoms with Gasteiger partial charge in [-0.2, -0.15) is 0 Å². The Kier molecular flexibility index (Phi) is 5.28. The van der Waals surface area contributed by atoms with Crippen LogP contribution in [0.3, 0.4) is 0 Å². The number of anilines is 1. The van der Waals surface area contributed by atoms with E-state index in [2.05, 4.69) is 26.8 Å². The lowest BCUT2D eigenvalue weighted by atomic mass is 10.2. The van der Waals surface area contributed by atoms with E-state index in [0.717, 1.165) is 35.6 Å². The third kappa shape index (κ3) is 3.96. The van der Waals surface area contributed by atoms with Crippen LogP contribution in [0.2, 0.25) is 0 Å². The number of ether oxygens (including phenoxy) is 1. The highest BCUT2D eigenvalue weighted by Crippen LogP contribution is 2.18. The molecule has 6 heteroatoms. The molecule has 0 atom stereocenters. The van der Waals surface area contributed by atoms with Crippen molar-refractivity contribution >= 4 is 22.8 Å². The second-order valence-corrected chi connectivity index (χ2v) is 5.81. The van der Waals surface area contributed by atoms with Crippen molar-refractivity contribution in [2.45, 2.75) is 32.7 Å². The average Bonchev–Trinajstić information content (AvgIpc) is 2.98. The molecule has 0 radical (unpaired) electrons. The van der Waals surface area contributed by atoms with E-state index in [0.29, 0.717) is 18.6 Å². The molecule has 25 heavy (non-hydrogen) atoms. The smallest absolute Gasteiger partial charge is 0.224 e. The van der Waals surface area contributed by atoms with Crippen LogP contribution in [0.4, 0.5) is 5.69 Å². The SMILES string of the molecule is CCCn1c(CCC(=O)Nc2cccc(OC)c2)nc2cccnc21. The van der Waals surface area contributed by atoms with Crippen LogP contribution in [-0.4, -0.2) is 27.6 Å². The number of aryl methyl sites for hydroxylation is 2. The Morgan fingerprint density at radius 3 is 2.96 bits per heavy atom. The number of hydrogen-bond acceptors (Lipinski definition) is 4. The van der Waals surface area contributed by atoms with Gasteiger partial charge in [0.2, 0.25) is 5.91 Å². The van der Waals surface area contributed by atoms with Crippen molar-refractivity contribution in [3.8, 4) is 5.75 Å². The number of methoxy groups -OCH3 is 1. The van der Waals surface area contributed by atoms with Crippen LogP contribution >= 0.6 is 0 Å². The van der Waals surface area contributed by atoms with Crippen LogP contribution in [0.5, 0.6) is 5.75 Å². The molecule has 3 aromatic rings. The quantitative estimate of drug-likeness (QED) is 0.717. The molecule has 2 aromatic heterocycles. The zero-order valence-corrected chi connectivity index (χ0v) is 14.5. The van der Waals surface area contributed by atoms with Gasteiger partial charge in [-0.25, -0.2) is 9.97 Å². The molecule has 0 bridgehead atoms. The van der Waals surface area contributed by atoms with Crippen molar-refractivity contribution in [1.82, 2.24) is 14.5 Å². The number of hydrogen-bond donors (Lipinski definition) is 1. The minimum absolute atomic E-state index is 0.0451. The summed E-state index contributed by atoms with van der Waals surface area (Å²) in [7, 11) is 1.60. The zero-order valence-electron chi connectivity index (χ0n) is 14.5. The van der Waals surface area contributed by atoms with E-state index in [1.54, 1.807) is 19.4 Å². The third-order valence-electron chi connectivity index (χ3n) is 3.96. The first-order valence-corrected chi connectivity index (χ1v) is 8.45. The Hall–Kier alpha value is -2.89. The van der Waals surface area contributed by atoms with E-state index in [4.69, 9.17) is 4.74 Å². The summed E-state index contributed by atoms with van der Waals surface area (Å²) < 4.78 is 7.28. The van der Waals surface area contributed by atoms with Gasteiger partial charge in [-0.15, -0.1) is 0 Å². The number of imidazole rings is 1. The molecule has 0 aliphatic heterocycles. The van der Waals surface area contributed by atoms with Crippen LogP contribution in [0.25, 0.3) is 11.2 Å². The standard InChI is InChI=1S/C19H22N4O2/c1-3-12-23-17(22-16-8-5-11-20-19(16)23)9-10-18(24)21-14-6-4-7-15(13-14)25-2/h4-8,11,13H,3,9-10,12H2,1-2H3,(H,21,24). The Morgan fingerprint density at radius 1 is 1.28 bits per heavy atom. The summed E-state index contributed by atoms with van der Waals surface area (Å²) in [6.07, 6.45) is 3.71. The monoisotopic (exact) mass is 338 g/mol. The fourth-order valence-corrected chi connectivity index (χ4v) is 2.80. The lowest BCUT2D eigenvalue weighted by Crippen LogP contribution is -2.14. The van der Waals surface area contributed by atoms with Crippen molar-refractivity contribution in [1.29, 1.82) is 0 Å². The second kappa shape index (κ2) is 7.79. The molecule has 0 unspecified atom stereocenters. The Morgan fingerprint density at radius 2 is 2.16 bits per heavy atom. The van der Waals surface area contributed by atoms with Crippen molar-refractivity contribution in [3.63, 3.8) is 0 Å². The maximum Gasteiger partial charge on any atom is 0.224 e. The van der Waals surface area contributed by atoms with Gasteiger partial charge < -0.3 is 14.6 Å². The van der Waals surface area contributed by atoms with Gasteiger partial charge in [0.15, 0.2) is 5.65 Å². The number of rotatable bonds is 7. The molecule has 1 amide bonds. The number of aromatic nitrogens is 3. The largest absolute Gasteiger partial charge is 0.497 e. The Labute approximate surface area is 146 Å². The van der Waals surface area contributed by atoms with Gasteiger partial charge in [0.1, 0.15) is 17.1 Å². The van der Waals surface area contributed by atoms with Gasteiger partial charge in [-0.1, -0.05) is 13.0 Å². The predicted octanol–water partition coefficient (Wildman–Crippen LogP) is 3.42. The van der Waals surface area contributed by atoms with Crippen molar-refractivity contribution in [3.05, 3.63) is 48.4 Å². The maximum absolute atomic E-state index is 12.3. The predicted molar refractivity (Wildman–Crippen MR) is 97.8 cm³/mol. The molecule has 0 spiro atoms. The van der Waals surface area contributed by atoms with Gasteiger partial charge in [0.25, 0.3) is 0 Å². The molecule has 130 valence electrons. The van der Waals surface area contributed by atoms with Crippen LogP contribution in [0.15, 0.2) is 42.6 Å². The number of carbonyl (C=O) groups is 1. The Balaban J connectivity index is 1.69. The highest BCUT2D eigenvalue weighted by molar-refractivity contribution is 5.91. The molecule has 1 N–H and O–H groups in total. The Bertz CT molecular complexity index is 873. The summed E-state index contributed by atoms with van der Waals surface area (Å²) in [4.78, 5) is 21.3. The molecule has 1 aromatic carbocycles. The number of amides is 1. The van der Waals surface area contributed by atoms with Crippen molar-refractivity contribution < 1.29 is 9.53 Å². The average molecular weight is 338 g/mol. The van der Waals surface area contributed by atoms with Gasteiger partial charge >= 0.3 is 0 Å². The molecule has 0 saturated carbocycles. The molecule has 2 heterocycles. The fourth-order valence-electron chi connectivity index (χ4n) is 2.80. The van der Waals surface area contributed by atoms with Crippen molar-refractivity contribution in [2.24, 2.45) is 0 Å². The number of benzene rings is 1. The van der Waals surface area contributed by atoms with Gasteiger partial charge in [-0.3, -0.25) is 4.79 Å². The zero-order chi connectivity index (χ0) is 17.6. The van der Waals surface area contributed by atoms with E-state index < -0.39 is 0 Å². The van der Waals surface area contributed by atoms with Crippen LogP contribution in [-0.2, 0) is 17.8 Å².